The molecule has 1 saturated heterocycles. The lowest BCUT2D eigenvalue weighted by Crippen LogP contribution is -2.29. The van der Waals surface area contributed by atoms with Gasteiger partial charge in [0.1, 0.15) is 0 Å². The lowest BCUT2D eigenvalue weighted by molar-refractivity contribution is -0.111. The molecule has 0 unspecified atom stereocenters. The van der Waals surface area contributed by atoms with Crippen molar-refractivity contribution in [3.8, 4) is 0 Å². The second-order valence-corrected chi connectivity index (χ2v) is 4.62. The Balaban J connectivity index is 1.73. The molecule has 0 atom stereocenters. The van der Waals surface area contributed by atoms with Crippen molar-refractivity contribution < 1.29 is 4.79 Å². The van der Waals surface area contributed by atoms with Crippen LogP contribution in [-0.4, -0.2) is 30.4 Å². The highest BCUT2D eigenvalue weighted by atomic mass is 16.1. The summed E-state index contributed by atoms with van der Waals surface area (Å²) in [5.41, 5.74) is 0.838. The molecule has 0 bridgehead atoms. The van der Waals surface area contributed by atoms with Gasteiger partial charge in [0.15, 0.2) is 0 Å². The van der Waals surface area contributed by atoms with Crippen LogP contribution in [0.5, 0.6) is 0 Å². The summed E-state index contributed by atoms with van der Waals surface area (Å²) in [5, 5.41) is 2.84. The minimum Gasteiger partial charge on any atom is -0.323 e. The minimum absolute atomic E-state index is 0.0572. The summed E-state index contributed by atoms with van der Waals surface area (Å²) in [6.07, 6.45) is 7.48. The minimum atomic E-state index is -0.0572. The van der Waals surface area contributed by atoms with Crippen molar-refractivity contribution in [3.05, 3.63) is 42.5 Å². The molecule has 3 nitrogen and oxygen atoms in total. The molecule has 96 valence electrons. The quantitative estimate of drug-likeness (QED) is 0.826. The Kier molecular flexibility index (Phi) is 4.97. The lowest BCUT2D eigenvalue weighted by Gasteiger charge is -2.24. The smallest absolute Gasteiger partial charge is 0.248 e. The molecule has 1 fully saturated rings. The van der Waals surface area contributed by atoms with E-state index in [-0.39, 0.29) is 5.91 Å². The van der Waals surface area contributed by atoms with Gasteiger partial charge < -0.3 is 5.32 Å². The third-order valence-electron chi connectivity index (χ3n) is 3.12. The van der Waals surface area contributed by atoms with Gasteiger partial charge in [0.05, 0.1) is 0 Å². The van der Waals surface area contributed by atoms with Gasteiger partial charge in [-0.2, -0.15) is 0 Å². The number of nitrogens with one attached hydrogen (secondary N) is 1. The van der Waals surface area contributed by atoms with Crippen molar-refractivity contribution in [1.82, 2.24) is 4.90 Å². The van der Waals surface area contributed by atoms with E-state index >= 15 is 0 Å². The molecule has 1 aromatic carbocycles. The van der Waals surface area contributed by atoms with Crippen molar-refractivity contribution in [2.75, 3.05) is 25.0 Å². The highest BCUT2D eigenvalue weighted by molar-refractivity contribution is 5.99. The number of hydrogen-bond acceptors (Lipinski definition) is 2. The zero-order valence-electron chi connectivity index (χ0n) is 10.6. The molecule has 0 radical (unpaired) electrons. The normalized spacial score (nSPS) is 16.9. The molecule has 1 aliphatic heterocycles. The molecule has 1 N–H and O–H groups in total. The molecule has 3 heteroatoms. The predicted molar refractivity (Wildman–Crippen MR) is 74.5 cm³/mol. The van der Waals surface area contributed by atoms with E-state index in [4.69, 9.17) is 0 Å². The third kappa shape index (κ3) is 4.34. The fourth-order valence-corrected chi connectivity index (χ4v) is 2.16. The zero-order valence-corrected chi connectivity index (χ0v) is 10.6. The third-order valence-corrected chi connectivity index (χ3v) is 3.12. The van der Waals surface area contributed by atoms with Gasteiger partial charge in [-0.1, -0.05) is 30.7 Å². The second kappa shape index (κ2) is 6.97. The standard InChI is InChI=1S/C15H20N2O/c18-15(16-14-8-3-1-4-9-14)10-7-13-17-11-5-2-6-12-17/h1,3-4,7-10H,2,5-6,11-13H2,(H,16,18). The van der Waals surface area contributed by atoms with Crippen LogP contribution in [0.3, 0.4) is 0 Å². The molecule has 0 aliphatic carbocycles. The van der Waals surface area contributed by atoms with Gasteiger partial charge in [-0.05, 0) is 38.1 Å². The number of likely N-dealkylation sites (tertiary alicyclic amines) is 1. The van der Waals surface area contributed by atoms with E-state index in [9.17, 15) is 4.79 Å². The van der Waals surface area contributed by atoms with Crippen molar-refractivity contribution >= 4 is 11.6 Å². The maximum atomic E-state index is 11.6. The number of nitrogens with zero attached hydrogens (tertiary/aromatic N) is 1. The Morgan fingerprint density at radius 1 is 1.17 bits per heavy atom. The fraction of sp³-hybridized carbons (Fsp3) is 0.400. The summed E-state index contributed by atoms with van der Waals surface area (Å²) in [6.45, 7) is 3.19. The summed E-state index contributed by atoms with van der Waals surface area (Å²) in [7, 11) is 0. The number of benzene rings is 1. The number of carbonyl (C=O) groups is 1. The van der Waals surface area contributed by atoms with Crippen molar-refractivity contribution in [2.24, 2.45) is 0 Å². The number of para-hydroxylation sites is 1. The monoisotopic (exact) mass is 244 g/mol. The summed E-state index contributed by atoms with van der Waals surface area (Å²) in [5.74, 6) is -0.0572. The first kappa shape index (κ1) is 12.8. The number of anilines is 1. The number of rotatable bonds is 4. The maximum Gasteiger partial charge on any atom is 0.248 e. The SMILES string of the molecule is O=C(C=CCN1CCCCC1)Nc1ccccc1. The van der Waals surface area contributed by atoms with Gasteiger partial charge in [0.25, 0.3) is 0 Å². The Morgan fingerprint density at radius 3 is 2.61 bits per heavy atom. The highest BCUT2D eigenvalue weighted by Crippen LogP contribution is 2.08. The molecule has 1 amide bonds. The predicted octanol–water partition coefficient (Wildman–Crippen LogP) is 2.67. The largest absolute Gasteiger partial charge is 0.323 e. The van der Waals surface area contributed by atoms with Crippen LogP contribution in [0.15, 0.2) is 42.5 Å². The summed E-state index contributed by atoms with van der Waals surface area (Å²) < 4.78 is 0. The molecule has 1 aliphatic rings. The van der Waals surface area contributed by atoms with Crippen LogP contribution < -0.4 is 5.32 Å². The number of hydrogen-bond donors (Lipinski definition) is 1. The first-order valence-corrected chi connectivity index (χ1v) is 6.59. The van der Waals surface area contributed by atoms with Crippen LogP contribution in [0.2, 0.25) is 0 Å². The van der Waals surface area contributed by atoms with Crippen molar-refractivity contribution in [2.45, 2.75) is 19.3 Å². The van der Waals surface area contributed by atoms with Gasteiger partial charge in [-0.15, -0.1) is 0 Å². The Bertz CT molecular complexity index is 394. The second-order valence-electron chi connectivity index (χ2n) is 4.62. The first-order valence-electron chi connectivity index (χ1n) is 6.59. The van der Waals surface area contributed by atoms with Crippen molar-refractivity contribution in [1.29, 1.82) is 0 Å². The van der Waals surface area contributed by atoms with Crippen LogP contribution in [0.25, 0.3) is 0 Å². The molecule has 0 spiro atoms. The summed E-state index contributed by atoms with van der Waals surface area (Å²) in [4.78, 5) is 14.0. The Hall–Kier alpha value is -1.61. The van der Waals surface area contributed by atoms with Gasteiger partial charge in [-0.3, -0.25) is 9.69 Å². The van der Waals surface area contributed by atoms with Gasteiger partial charge in [0, 0.05) is 18.3 Å². The molecule has 2 rings (SSSR count). The number of amides is 1. The van der Waals surface area contributed by atoms with E-state index in [1.165, 1.54) is 19.3 Å². The van der Waals surface area contributed by atoms with Gasteiger partial charge >= 0.3 is 0 Å². The van der Waals surface area contributed by atoms with Crippen LogP contribution in [0.4, 0.5) is 5.69 Å². The van der Waals surface area contributed by atoms with Gasteiger partial charge in [-0.25, -0.2) is 0 Å². The maximum absolute atomic E-state index is 11.6. The van der Waals surface area contributed by atoms with E-state index in [1.54, 1.807) is 6.08 Å². The van der Waals surface area contributed by atoms with Crippen LogP contribution in [-0.2, 0) is 4.79 Å². The molecular weight excluding hydrogens is 224 g/mol. The summed E-state index contributed by atoms with van der Waals surface area (Å²) >= 11 is 0. The summed E-state index contributed by atoms with van der Waals surface area (Å²) in [6, 6.07) is 9.52. The zero-order chi connectivity index (χ0) is 12.6. The fourth-order valence-electron chi connectivity index (χ4n) is 2.16. The molecule has 1 heterocycles. The van der Waals surface area contributed by atoms with E-state index in [0.717, 1.165) is 25.3 Å². The molecular formula is C15H20N2O. The average molecular weight is 244 g/mol. The first-order chi connectivity index (χ1) is 8.84. The van der Waals surface area contributed by atoms with E-state index in [2.05, 4.69) is 10.2 Å². The molecule has 1 aromatic rings. The van der Waals surface area contributed by atoms with Crippen LogP contribution in [0, 0.1) is 0 Å². The Labute approximate surface area is 108 Å². The number of piperidine rings is 1. The van der Waals surface area contributed by atoms with Crippen molar-refractivity contribution in [3.63, 3.8) is 0 Å². The van der Waals surface area contributed by atoms with E-state index in [1.807, 2.05) is 36.4 Å². The van der Waals surface area contributed by atoms with E-state index in [0.29, 0.717) is 0 Å². The van der Waals surface area contributed by atoms with Crippen LogP contribution >= 0.6 is 0 Å². The molecule has 0 saturated carbocycles. The molecule has 18 heavy (non-hydrogen) atoms. The topological polar surface area (TPSA) is 32.3 Å². The highest BCUT2D eigenvalue weighted by Gasteiger charge is 2.07. The van der Waals surface area contributed by atoms with Gasteiger partial charge in [0.2, 0.25) is 5.91 Å². The lowest BCUT2D eigenvalue weighted by atomic mass is 10.1. The molecule has 0 aromatic heterocycles. The Morgan fingerprint density at radius 2 is 1.89 bits per heavy atom. The average Bonchev–Trinajstić information content (AvgIpc) is 2.41. The van der Waals surface area contributed by atoms with E-state index < -0.39 is 0 Å². The van der Waals surface area contributed by atoms with Crippen LogP contribution in [0.1, 0.15) is 19.3 Å². The number of carbonyl (C=O) groups excluding carboxylic acids is 1.